The first-order chi connectivity index (χ1) is 7.22. The van der Waals surface area contributed by atoms with Gasteiger partial charge in [0, 0.05) is 5.92 Å². The monoisotopic (exact) mass is 249 g/mol. The Kier molecular flexibility index (Phi) is 2.09. The third-order valence-corrected chi connectivity index (χ3v) is 5.64. The van der Waals surface area contributed by atoms with Gasteiger partial charge in [-0.25, -0.2) is 8.42 Å². The Morgan fingerprint density at radius 1 is 1.31 bits per heavy atom. The zero-order valence-corrected chi connectivity index (χ0v) is 8.98. The normalized spacial score (nSPS) is 44.4. The number of fused-ring (bicyclic) bond motifs is 1. The van der Waals surface area contributed by atoms with Crippen LogP contribution in [0.15, 0.2) is 0 Å². The minimum atomic E-state index is -3.51. The van der Waals surface area contributed by atoms with Crippen molar-refractivity contribution in [3.8, 4) is 0 Å². The number of nitrogens with two attached hydrogens (primary N) is 1. The van der Waals surface area contributed by atoms with Crippen molar-refractivity contribution >= 4 is 21.8 Å². The van der Waals surface area contributed by atoms with Crippen LogP contribution in [0.5, 0.6) is 0 Å². The third kappa shape index (κ3) is 1.26. The van der Waals surface area contributed by atoms with E-state index in [9.17, 15) is 18.0 Å². The van der Waals surface area contributed by atoms with Gasteiger partial charge in [0.1, 0.15) is 5.54 Å². The standard InChI is InChI=1S/C8H11NO6S/c9-8(7(12)13)1-2-16(14,15)5-3(4(5)8)6(10)11/h3-5H,1-2,9H2,(H,10,11)(H,12,13)/t3-,4-,5+,8+/m1/s1. The molecule has 1 saturated carbocycles. The molecule has 2 aliphatic rings. The van der Waals surface area contributed by atoms with Gasteiger partial charge in [0.25, 0.3) is 0 Å². The largest absolute Gasteiger partial charge is 0.481 e. The lowest BCUT2D eigenvalue weighted by molar-refractivity contribution is -0.145. The maximum Gasteiger partial charge on any atom is 0.324 e. The summed E-state index contributed by atoms with van der Waals surface area (Å²) in [5.74, 6) is -5.16. The third-order valence-electron chi connectivity index (χ3n) is 3.45. The van der Waals surface area contributed by atoms with E-state index < -0.39 is 44.4 Å². The summed E-state index contributed by atoms with van der Waals surface area (Å²) < 4.78 is 23.1. The molecule has 7 nitrogen and oxygen atoms in total. The maximum absolute atomic E-state index is 11.5. The van der Waals surface area contributed by atoms with Crippen LogP contribution in [0.25, 0.3) is 0 Å². The molecule has 0 aromatic rings. The number of aliphatic carboxylic acids is 2. The molecule has 1 aliphatic carbocycles. The van der Waals surface area contributed by atoms with Crippen LogP contribution in [0.2, 0.25) is 0 Å². The van der Waals surface area contributed by atoms with E-state index in [1.807, 2.05) is 0 Å². The van der Waals surface area contributed by atoms with Crippen LogP contribution in [0.4, 0.5) is 0 Å². The Labute approximate surface area is 91.2 Å². The average molecular weight is 249 g/mol. The van der Waals surface area contributed by atoms with Gasteiger partial charge in [-0.2, -0.15) is 0 Å². The molecule has 16 heavy (non-hydrogen) atoms. The number of hydrogen-bond donors (Lipinski definition) is 3. The summed E-state index contributed by atoms with van der Waals surface area (Å²) in [6, 6.07) is 0. The number of hydrogen-bond acceptors (Lipinski definition) is 5. The molecule has 0 aromatic heterocycles. The lowest BCUT2D eigenvalue weighted by atomic mass is 9.90. The first kappa shape index (κ1) is 11.3. The molecule has 4 N–H and O–H groups in total. The molecule has 2 fully saturated rings. The second-order valence-corrected chi connectivity index (χ2v) is 6.60. The fourth-order valence-electron chi connectivity index (χ4n) is 2.50. The summed E-state index contributed by atoms with van der Waals surface area (Å²) in [5, 5.41) is 16.6. The Hall–Kier alpha value is -1.15. The van der Waals surface area contributed by atoms with Gasteiger partial charge in [0.2, 0.25) is 0 Å². The van der Waals surface area contributed by atoms with Crippen LogP contribution in [-0.4, -0.2) is 47.1 Å². The van der Waals surface area contributed by atoms with E-state index in [2.05, 4.69) is 0 Å². The Balaban J connectivity index is 2.41. The van der Waals surface area contributed by atoms with Gasteiger partial charge >= 0.3 is 11.9 Å². The van der Waals surface area contributed by atoms with E-state index in [0.717, 1.165) is 0 Å². The SMILES string of the molecule is N[C@@]1(C(=O)O)CCS(=O)(=O)[C@H]2[C@H](C(=O)O)[C@H]21. The van der Waals surface area contributed by atoms with E-state index in [0.29, 0.717) is 0 Å². The van der Waals surface area contributed by atoms with E-state index in [4.69, 9.17) is 15.9 Å². The van der Waals surface area contributed by atoms with Crippen LogP contribution in [0, 0.1) is 11.8 Å². The molecular weight excluding hydrogens is 238 g/mol. The maximum atomic E-state index is 11.5. The van der Waals surface area contributed by atoms with E-state index in [1.54, 1.807) is 0 Å². The summed E-state index contributed by atoms with van der Waals surface area (Å²) in [6.07, 6.45) is -0.227. The van der Waals surface area contributed by atoms with Crippen LogP contribution < -0.4 is 5.73 Å². The summed E-state index contributed by atoms with van der Waals surface area (Å²) in [4.78, 5) is 21.8. The molecule has 0 amide bonds. The number of rotatable bonds is 2. The molecule has 8 heteroatoms. The topological polar surface area (TPSA) is 135 Å². The highest BCUT2D eigenvalue weighted by atomic mass is 32.2. The molecule has 1 heterocycles. The lowest BCUT2D eigenvalue weighted by Crippen LogP contribution is -2.55. The average Bonchev–Trinajstić information content (AvgIpc) is 2.88. The zero-order chi connectivity index (χ0) is 12.3. The second kappa shape index (κ2) is 2.95. The molecule has 0 radical (unpaired) electrons. The van der Waals surface area contributed by atoms with Crippen molar-refractivity contribution in [3.63, 3.8) is 0 Å². The molecular formula is C8H11NO6S. The van der Waals surface area contributed by atoms with Crippen LogP contribution in [-0.2, 0) is 19.4 Å². The molecule has 1 saturated heterocycles. The number of carbonyl (C=O) groups is 2. The van der Waals surface area contributed by atoms with Gasteiger partial charge in [0.15, 0.2) is 9.84 Å². The van der Waals surface area contributed by atoms with Crippen molar-refractivity contribution < 1.29 is 28.2 Å². The summed E-state index contributed by atoms with van der Waals surface area (Å²) in [5.41, 5.74) is 3.89. The highest BCUT2D eigenvalue weighted by Gasteiger charge is 2.73. The molecule has 90 valence electrons. The van der Waals surface area contributed by atoms with Gasteiger partial charge in [0.05, 0.1) is 16.9 Å². The van der Waals surface area contributed by atoms with Crippen LogP contribution in [0.3, 0.4) is 0 Å². The molecule has 0 spiro atoms. The van der Waals surface area contributed by atoms with Gasteiger partial charge in [-0.15, -0.1) is 0 Å². The minimum absolute atomic E-state index is 0.227. The second-order valence-electron chi connectivity index (χ2n) is 4.32. The van der Waals surface area contributed by atoms with Crippen molar-refractivity contribution in [3.05, 3.63) is 0 Å². The van der Waals surface area contributed by atoms with Gasteiger partial charge in [-0.05, 0) is 6.42 Å². The smallest absolute Gasteiger partial charge is 0.324 e. The Morgan fingerprint density at radius 3 is 2.31 bits per heavy atom. The van der Waals surface area contributed by atoms with Gasteiger partial charge < -0.3 is 15.9 Å². The number of sulfone groups is 1. The Morgan fingerprint density at radius 2 is 1.88 bits per heavy atom. The fourth-order valence-corrected chi connectivity index (χ4v) is 4.90. The quantitative estimate of drug-likeness (QED) is 0.530. The fraction of sp³-hybridized carbons (Fsp3) is 0.750. The van der Waals surface area contributed by atoms with Gasteiger partial charge in [-0.1, -0.05) is 0 Å². The summed E-state index contributed by atoms with van der Waals surface area (Å²) in [7, 11) is -3.51. The first-order valence-corrected chi connectivity index (χ1v) is 6.40. The molecule has 2 rings (SSSR count). The summed E-state index contributed by atoms with van der Waals surface area (Å²) >= 11 is 0. The molecule has 1 aliphatic heterocycles. The van der Waals surface area contributed by atoms with Crippen molar-refractivity contribution in [2.75, 3.05) is 5.75 Å². The van der Waals surface area contributed by atoms with E-state index in [1.165, 1.54) is 0 Å². The first-order valence-electron chi connectivity index (χ1n) is 4.68. The van der Waals surface area contributed by atoms with E-state index >= 15 is 0 Å². The minimum Gasteiger partial charge on any atom is -0.481 e. The van der Waals surface area contributed by atoms with Gasteiger partial charge in [-0.3, -0.25) is 9.59 Å². The predicted octanol–water partition coefficient (Wildman–Crippen LogP) is -1.71. The van der Waals surface area contributed by atoms with Crippen molar-refractivity contribution in [2.45, 2.75) is 17.2 Å². The highest BCUT2D eigenvalue weighted by Crippen LogP contribution is 2.55. The van der Waals surface area contributed by atoms with E-state index in [-0.39, 0.29) is 12.2 Å². The summed E-state index contributed by atoms with van der Waals surface area (Å²) in [6.45, 7) is 0. The molecule has 0 unspecified atom stereocenters. The Bertz CT molecular complexity index is 471. The van der Waals surface area contributed by atoms with Crippen molar-refractivity contribution in [1.82, 2.24) is 0 Å². The van der Waals surface area contributed by atoms with Crippen LogP contribution in [0.1, 0.15) is 6.42 Å². The lowest BCUT2D eigenvalue weighted by Gasteiger charge is -2.28. The predicted molar refractivity (Wildman–Crippen MR) is 51.4 cm³/mol. The molecule has 4 atom stereocenters. The zero-order valence-electron chi connectivity index (χ0n) is 8.16. The van der Waals surface area contributed by atoms with Crippen molar-refractivity contribution in [1.29, 1.82) is 0 Å². The number of carboxylic acids is 2. The number of carboxylic acid groups (broad SMARTS) is 2. The van der Waals surface area contributed by atoms with Crippen LogP contribution >= 0.6 is 0 Å². The molecule has 0 bridgehead atoms. The highest BCUT2D eigenvalue weighted by molar-refractivity contribution is 7.92. The molecule has 0 aromatic carbocycles. The van der Waals surface area contributed by atoms with Crippen molar-refractivity contribution in [2.24, 2.45) is 17.6 Å².